The van der Waals surface area contributed by atoms with Crippen molar-refractivity contribution in [2.24, 2.45) is 0 Å². The third-order valence-corrected chi connectivity index (χ3v) is 13.2. The lowest BCUT2D eigenvalue weighted by molar-refractivity contribution is 0.731. The Morgan fingerprint density at radius 3 is 1.70 bits per heavy atom. The molecule has 0 amide bonds. The minimum atomic E-state index is -0.663. The number of para-hydroxylation sites is 5. The zero-order valence-electron chi connectivity index (χ0n) is 32.7. The van der Waals surface area contributed by atoms with Crippen molar-refractivity contribution in [3.8, 4) is 28.2 Å². The van der Waals surface area contributed by atoms with Gasteiger partial charge in [0.25, 0.3) is 0 Å². The lowest BCUT2D eigenvalue weighted by Gasteiger charge is -2.28. The van der Waals surface area contributed by atoms with Gasteiger partial charge in [0.15, 0.2) is 0 Å². The summed E-state index contributed by atoms with van der Waals surface area (Å²) in [5.41, 5.74) is 17.7. The maximum Gasteiger partial charge on any atom is 0.134 e. The standard InChI is InChI=1S/C56H36N4/c1-3-39-40-15-5-9-19-46(40)56(45(39)4-2)47-34-38(30-32-53(47)60-54-24-14-10-20-48(54)57-55(56)60)59-51-23-13-8-18-43(51)44-33-36(27-31-52(44)59)35-25-28-37(29-26-35)58-49-21-11-6-16-41(49)42-17-7-12-22-50(42)58/h3-34H,1-2H2. The zero-order valence-corrected chi connectivity index (χ0v) is 32.7. The van der Waals surface area contributed by atoms with Crippen LogP contribution >= 0.6 is 0 Å². The van der Waals surface area contributed by atoms with E-state index in [9.17, 15) is 0 Å². The van der Waals surface area contributed by atoms with Gasteiger partial charge in [0.2, 0.25) is 0 Å². The molecular weight excluding hydrogens is 729 g/mol. The second-order valence-electron chi connectivity index (χ2n) is 16.0. The van der Waals surface area contributed by atoms with Gasteiger partial charge in [-0.2, -0.15) is 0 Å². The number of rotatable bonds is 5. The molecule has 4 heterocycles. The van der Waals surface area contributed by atoms with Gasteiger partial charge in [-0.05, 0) is 106 Å². The number of hydrogen-bond donors (Lipinski definition) is 0. The van der Waals surface area contributed by atoms with Gasteiger partial charge in [-0.15, -0.1) is 0 Å². The highest BCUT2D eigenvalue weighted by atomic mass is 15.1. The molecule has 0 saturated carbocycles. The molecule has 4 nitrogen and oxygen atoms in total. The van der Waals surface area contributed by atoms with Gasteiger partial charge in [0.05, 0.1) is 38.8 Å². The van der Waals surface area contributed by atoms with E-state index in [1.165, 1.54) is 65.9 Å². The Morgan fingerprint density at radius 2 is 1.00 bits per heavy atom. The van der Waals surface area contributed by atoms with Crippen LogP contribution in [0.2, 0.25) is 0 Å². The van der Waals surface area contributed by atoms with E-state index in [4.69, 9.17) is 4.98 Å². The molecule has 1 spiro atoms. The molecule has 60 heavy (non-hydrogen) atoms. The topological polar surface area (TPSA) is 27.7 Å². The van der Waals surface area contributed by atoms with Crippen LogP contribution < -0.4 is 0 Å². The SMILES string of the molecule is C=CC1=C(C=C)C2(c3ccccc31)c1cc(-n3c4ccccc4c4cc(-c5ccc(-n6c7ccccc7c7ccccc76)cc5)ccc43)ccc1-n1c2nc2ccccc21. The lowest BCUT2D eigenvalue weighted by atomic mass is 9.72. The molecule has 1 unspecified atom stereocenters. The highest BCUT2D eigenvalue weighted by molar-refractivity contribution is 6.11. The average molecular weight is 765 g/mol. The van der Waals surface area contributed by atoms with Crippen molar-refractivity contribution in [3.05, 3.63) is 235 Å². The minimum absolute atomic E-state index is 0.663. The van der Waals surface area contributed by atoms with Crippen LogP contribution in [-0.2, 0) is 5.41 Å². The third-order valence-electron chi connectivity index (χ3n) is 13.2. The molecule has 280 valence electrons. The van der Waals surface area contributed by atoms with E-state index in [0.717, 1.165) is 50.6 Å². The van der Waals surface area contributed by atoms with Crippen molar-refractivity contribution < 1.29 is 0 Å². The molecule has 2 aliphatic rings. The summed E-state index contributed by atoms with van der Waals surface area (Å²) in [5, 5.41) is 4.97. The Bertz CT molecular complexity index is 3650. The first kappa shape index (κ1) is 33.1. The van der Waals surface area contributed by atoms with Gasteiger partial charge in [0.1, 0.15) is 11.2 Å². The third kappa shape index (κ3) is 4.12. The number of benzene rings is 8. The molecule has 1 atom stereocenters. The second-order valence-corrected chi connectivity index (χ2v) is 16.0. The van der Waals surface area contributed by atoms with E-state index < -0.39 is 5.41 Å². The molecule has 11 aromatic rings. The van der Waals surface area contributed by atoms with Gasteiger partial charge in [-0.1, -0.05) is 135 Å². The number of hydrogen-bond acceptors (Lipinski definition) is 1. The summed E-state index contributed by atoms with van der Waals surface area (Å²) < 4.78 is 7.17. The second kappa shape index (κ2) is 12.0. The maximum atomic E-state index is 5.42. The van der Waals surface area contributed by atoms with Crippen molar-refractivity contribution in [2.45, 2.75) is 5.41 Å². The van der Waals surface area contributed by atoms with E-state index in [1.54, 1.807) is 0 Å². The minimum Gasteiger partial charge on any atom is -0.309 e. The predicted octanol–water partition coefficient (Wildman–Crippen LogP) is 13.7. The quantitative estimate of drug-likeness (QED) is 0.171. The first-order valence-electron chi connectivity index (χ1n) is 20.5. The molecule has 0 N–H and O–H groups in total. The Kier molecular flexibility index (Phi) is 6.64. The predicted molar refractivity (Wildman–Crippen MR) is 249 cm³/mol. The lowest BCUT2D eigenvalue weighted by Crippen LogP contribution is -2.28. The summed E-state index contributed by atoms with van der Waals surface area (Å²) in [5.74, 6) is 0.992. The van der Waals surface area contributed by atoms with Crippen LogP contribution in [0.4, 0.5) is 0 Å². The summed E-state index contributed by atoms with van der Waals surface area (Å²) in [7, 11) is 0. The van der Waals surface area contributed by atoms with Crippen molar-refractivity contribution in [1.82, 2.24) is 18.7 Å². The summed E-state index contributed by atoms with van der Waals surface area (Å²) in [6.07, 6.45) is 4.02. The average Bonchev–Trinajstić information content (AvgIpc) is 4.09. The fourth-order valence-electron chi connectivity index (χ4n) is 10.8. The van der Waals surface area contributed by atoms with E-state index in [2.05, 4.69) is 209 Å². The normalized spacial score (nSPS) is 15.5. The summed E-state index contributed by atoms with van der Waals surface area (Å²) >= 11 is 0. The molecule has 0 fully saturated rings. The molecule has 13 rings (SSSR count). The summed E-state index contributed by atoms with van der Waals surface area (Å²) in [6.45, 7) is 8.73. The monoisotopic (exact) mass is 764 g/mol. The number of aromatic nitrogens is 4. The number of allylic oxidation sites excluding steroid dienone is 4. The summed E-state index contributed by atoms with van der Waals surface area (Å²) in [4.78, 5) is 5.42. The van der Waals surface area contributed by atoms with Crippen molar-refractivity contribution in [1.29, 1.82) is 0 Å². The highest BCUT2D eigenvalue weighted by Gasteiger charge is 2.54. The van der Waals surface area contributed by atoms with Crippen LogP contribution in [0.15, 0.2) is 213 Å². The van der Waals surface area contributed by atoms with E-state index in [1.807, 2.05) is 12.2 Å². The van der Waals surface area contributed by atoms with Crippen LogP contribution in [0.3, 0.4) is 0 Å². The first-order chi connectivity index (χ1) is 29.7. The smallest absolute Gasteiger partial charge is 0.134 e. The molecule has 0 radical (unpaired) electrons. The van der Waals surface area contributed by atoms with Crippen LogP contribution in [0.25, 0.3) is 88.4 Å². The van der Waals surface area contributed by atoms with E-state index in [-0.39, 0.29) is 0 Å². The van der Waals surface area contributed by atoms with E-state index >= 15 is 0 Å². The maximum absolute atomic E-state index is 5.42. The van der Waals surface area contributed by atoms with Gasteiger partial charge >= 0.3 is 0 Å². The van der Waals surface area contributed by atoms with Crippen molar-refractivity contribution >= 4 is 60.2 Å². The summed E-state index contributed by atoms with van der Waals surface area (Å²) in [6, 6.07) is 66.2. The van der Waals surface area contributed by atoms with Crippen LogP contribution in [0, 0.1) is 0 Å². The Morgan fingerprint density at radius 1 is 0.433 bits per heavy atom. The zero-order chi connectivity index (χ0) is 39.7. The molecular formula is C56H36N4. The van der Waals surface area contributed by atoms with Crippen LogP contribution in [0.5, 0.6) is 0 Å². The Labute approximate surface area is 346 Å². The van der Waals surface area contributed by atoms with Crippen LogP contribution in [0.1, 0.15) is 22.5 Å². The van der Waals surface area contributed by atoms with Gasteiger partial charge in [-0.3, -0.25) is 4.57 Å². The van der Waals surface area contributed by atoms with E-state index in [0.29, 0.717) is 0 Å². The molecule has 1 aliphatic heterocycles. The number of imidazole rings is 1. The van der Waals surface area contributed by atoms with Crippen molar-refractivity contribution in [2.75, 3.05) is 0 Å². The molecule has 0 bridgehead atoms. The Balaban J connectivity index is 0.992. The van der Waals surface area contributed by atoms with Crippen molar-refractivity contribution in [3.63, 3.8) is 0 Å². The molecule has 1 aliphatic carbocycles. The first-order valence-corrected chi connectivity index (χ1v) is 20.5. The number of fused-ring (bicyclic) bond motifs is 15. The highest BCUT2D eigenvalue weighted by Crippen LogP contribution is 2.60. The molecule has 0 saturated heterocycles. The van der Waals surface area contributed by atoms with Gasteiger partial charge < -0.3 is 9.13 Å². The van der Waals surface area contributed by atoms with Gasteiger partial charge in [-0.25, -0.2) is 4.98 Å². The largest absolute Gasteiger partial charge is 0.309 e. The van der Waals surface area contributed by atoms with Gasteiger partial charge in [0, 0.05) is 38.5 Å². The fraction of sp³-hybridized carbons (Fsp3) is 0.0179. The molecule has 4 heteroatoms. The molecule has 3 aromatic heterocycles. The molecule has 8 aromatic carbocycles. The fourth-order valence-corrected chi connectivity index (χ4v) is 10.8. The van der Waals surface area contributed by atoms with Crippen LogP contribution in [-0.4, -0.2) is 18.7 Å². The Hall–Kier alpha value is -7.95. The number of nitrogens with zero attached hydrogens (tertiary/aromatic N) is 4.